The molecule has 154 valence electrons. The summed E-state index contributed by atoms with van der Waals surface area (Å²) in [6.07, 6.45) is 9.14. The molecule has 2 fully saturated rings. The first-order chi connectivity index (χ1) is 12.1. The van der Waals surface area contributed by atoms with E-state index in [9.17, 15) is 0 Å². The van der Waals surface area contributed by atoms with Gasteiger partial charge in [-0.25, -0.2) is 0 Å². The standard InChI is InChI=1S/C20H40N4O.HI/c1-5-21-19(22-13-14-24(17(2)3)18-8-9-18)23-16-20(12-15-25-4)10-6-7-11-20;/h17-18H,5-16H2,1-4H3,(H2,21,22,23);1H. The summed E-state index contributed by atoms with van der Waals surface area (Å²) in [7, 11) is 1.80. The Morgan fingerprint density at radius 1 is 1.23 bits per heavy atom. The van der Waals surface area contributed by atoms with Crippen molar-refractivity contribution in [3.05, 3.63) is 0 Å². The summed E-state index contributed by atoms with van der Waals surface area (Å²) in [6.45, 7) is 11.5. The lowest BCUT2D eigenvalue weighted by Gasteiger charge is -2.28. The Kier molecular flexibility index (Phi) is 11.4. The lowest BCUT2D eigenvalue weighted by molar-refractivity contribution is 0.141. The fourth-order valence-electron chi connectivity index (χ4n) is 4.09. The van der Waals surface area contributed by atoms with Crippen LogP contribution >= 0.6 is 24.0 Å². The number of ether oxygens (including phenoxy) is 1. The average Bonchev–Trinajstić information content (AvgIpc) is 3.32. The van der Waals surface area contributed by atoms with Gasteiger partial charge < -0.3 is 15.4 Å². The molecular formula is C20H41IN4O. The van der Waals surface area contributed by atoms with E-state index in [2.05, 4.69) is 36.3 Å². The van der Waals surface area contributed by atoms with Crippen molar-refractivity contribution in [1.29, 1.82) is 0 Å². The van der Waals surface area contributed by atoms with Gasteiger partial charge in [-0.3, -0.25) is 9.89 Å². The first-order valence-electron chi connectivity index (χ1n) is 10.4. The van der Waals surface area contributed by atoms with Gasteiger partial charge in [-0.05, 0) is 58.3 Å². The van der Waals surface area contributed by atoms with E-state index in [-0.39, 0.29) is 24.0 Å². The molecule has 2 aliphatic carbocycles. The molecule has 0 spiro atoms. The molecule has 6 heteroatoms. The summed E-state index contributed by atoms with van der Waals surface area (Å²) in [4.78, 5) is 7.56. The van der Waals surface area contributed by atoms with Crippen LogP contribution in [-0.4, -0.2) is 62.8 Å². The minimum absolute atomic E-state index is 0. The van der Waals surface area contributed by atoms with Crippen LogP contribution in [0.15, 0.2) is 4.99 Å². The van der Waals surface area contributed by atoms with E-state index < -0.39 is 0 Å². The predicted molar refractivity (Wildman–Crippen MR) is 122 cm³/mol. The van der Waals surface area contributed by atoms with Gasteiger partial charge in [0.15, 0.2) is 5.96 Å². The van der Waals surface area contributed by atoms with Crippen molar-refractivity contribution in [2.45, 2.75) is 77.8 Å². The Labute approximate surface area is 178 Å². The molecule has 0 heterocycles. The molecule has 2 N–H and O–H groups in total. The van der Waals surface area contributed by atoms with Crippen LogP contribution in [0.2, 0.25) is 0 Å². The van der Waals surface area contributed by atoms with E-state index in [1.165, 1.54) is 38.5 Å². The molecule has 2 aliphatic rings. The minimum atomic E-state index is 0. The second-order valence-electron chi connectivity index (χ2n) is 8.13. The van der Waals surface area contributed by atoms with Crippen LogP contribution in [0.3, 0.4) is 0 Å². The number of guanidine groups is 1. The maximum atomic E-state index is 5.34. The van der Waals surface area contributed by atoms with Crippen LogP contribution in [0.4, 0.5) is 0 Å². The molecular weight excluding hydrogens is 439 g/mol. The van der Waals surface area contributed by atoms with Gasteiger partial charge in [0.1, 0.15) is 0 Å². The number of rotatable bonds is 11. The van der Waals surface area contributed by atoms with Crippen LogP contribution in [-0.2, 0) is 4.74 Å². The Balaban J connectivity index is 0.00000338. The quantitative estimate of drug-likeness (QED) is 0.270. The fraction of sp³-hybridized carbons (Fsp3) is 0.950. The van der Waals surface area contributed by atoms with E-state index in [0.29, 0.717) is 11.5 Å². The third kappa shape index (κ3) is 7.89. The molecule has 0 aromatic rings. The maximum absolute atomic E-state index is 5.34. The van der Waals surface area contributed by atoms with E-state index >= 15 is 0 Å². The largest absolute Gasteiger partial charge is 0.385 e. The van der Waals surface area contributed by atoms with Crippen LogP contribution in [0.1, 0.15) is 65.7 Å². The van der Waals surface area contributed by atoms with E-state index in [1.54, 1.807) is 7.11 Å². The second kappa shape index (κ2) is 12.4. The Bertz CT molecular complexity index is 405. The topological polar surface area (TPSA) is 48.9 Å². The van der Waals surface area contributed by atoms with Crippen LogP contribution in [0.5, 0.6) is 0 Å². The molecule has 0 amide bonds. The van der Waals surface area contributed by atoms with Gasteiger partial charge in [-0.1, -0.05) is 12.8 Å². The zero-order valence-electron chi connectivity index (χ0n) is 17.4. The minimum Gasteiger partial charge on any atom is -0.385 e. The van der Waals surface area contributed by atoms with E-state index in [4.69, 9.17) is 9.73 Å². The van der Waals surface area contributed by atoms with Gasteiger partial charge in [0, 0.05) is 52.0 Å². The number of aliphatic imine (C=N–C) groups is 1. The van der Waals surface area contributed by atoms with Gasteiger partial charge in [-0.15, -0.1) is 24.0 Å². The van der Waals surface area contributed by atoms with Crippen molar-refractivity contribution in [2.24, 2.45) is 10.4 Å². The molecule has 0 saturated heterocycles. The number of halogens is 1. The number of hydrogen-bond donors (Lipinski definition) is 2. The predicted octanol–water partition coefficient (Wildman–Crippen LogP) is 3.63. The second-order valence-corrected chi connectivity index (χ2v) is 8.13. The van der Waals surface area contributed by atoms with Crippen molar-refractivity contribution in [3.8, 4) is 0 Å². The normalized spacial score (nSPS) is 19.7. The zero-order valence-corrected chi connectivity index (χ0v) is 19.7. The van der Waals surface area contributed by atoms with Crippen molar-refractivity contribution in [1.82, 2.24) is 15.5 Å². The first kappa shape index (κ1) is 24.0. The van der Waals surface area contributed by atoms with Crippen molar-refractivity contribution < 1.29 is 4.74 Å². The highest BCUT2D eigenvalue weighted by molar-refractivity contribution is 14.0. The maximum Gasteiger partial charge on any atom is 0.191 e. The summed E-state index contributed by atoms with van der Waals surface area (Å²) in [5, 5.41) is 6.97. The number of nitrogens with zero attached hydrogens (tertiary/aromatic N) is 2. The van der Waals surface area contributed by atoms with Crippen molar-refractivity contribution in [3.63, 3.8) is 0 Å². The van der Waals surface area contributed by atoms with Crippen molar-refractivity contribution >= 4 is 29.9 Å². The van der Waals surface area contributed by atoms with Gasteiger partial charge in [-0.2, -0.15) is 0 Å². The molecule has 2 saturated carbocycles. The lowest BCUT2D eigenvalue weighted by Crippen LogP contribution is -2.44. The third-order valence-corrected chi connectivity index (χ3v) is 5.76. The molecule has 26 heavy (non-hydrogen) atoms. The molecule has 2 rings (SSSR count). The Hall–Kier alpha value is -0.0800. The average molecular weight is 480 g/mol. The molecule has 0 aliphatic heterocycles. The summed E-state index contributed by atoms with van der Waals surface area (Å²) in [5.41, 5.74) is 0.357. The van der Waals surface area contributed by atoms with Gasteiger partial charge in [0.25, 0.3) is 0 Å². The van der Waals surface area contributed by atoms with Gasteiger partial charge in [0.05, 0.1) is 0 Å². The SMILES string of the molecule is CCNC(=NCC1(CCOC)CCCC1)NCCN(C(C)C)C1CC1.I. The molecule has 0 bridgehead atoms. The van der Waals surface area contributed by atoms with Crippen LogP contribution in [0.25, 0.3) is 0 Å². The number of hydrogen-bond acceptors (Lipinski definition) is 3. The highest BCUT2D eigenvalue weighted by Crippen LogP contribution is 2.41. The zero-order chi connectivity index (χ0) is 18.1. The van der Waals surface area contributed by atoms with E-state index in [1.807, 2.05) is 0 Å². The lowest BCUT2D eigenvalue weighted by atomic mass is 9.83. The fourth-order valence-corrected chi connectivity index (χ4v) is 4.09. The molecule has 5 nitrogen and oxygen atoms in total. The van der Waals surface area contributed by atoms with Crippen LogP contribution < -0.4 is 10.6 Å². The van der Waals surface area contributed by atoms with Gasteiger partial charge in [0.2, 0.25) is 0 Å². The summed E-state index contributed by atoms with van der Waals surface area (Å²) >= 11 is 0. The van der Waals surface area contributed by atoms with Gasteiger partial charge >= 0.3 is 0 Å². The monoisotopic (exact) mass is 480 g/mol. The first-order valence-corrected chi connectivity index (χ1v) is 10.4. The Morgan fingerprint density at radius 3 is 2.46 bits per heavy atom. The Morgan fingerprint density at radius 2 is 1.92 bits per heavy atom. The molecule has 0 unspecified atom stereocenters. The highest BCUT2D eigenvalue weighted by Gasteiger charge is 2.33. The smallest absolute Gasteiger partial charge is 0.191 e. The molecule has 0 radical (unpaired) electrons. The summed E-state index contributed by atoms with van der Waals surface area (Å²) in [5.74, 6) is 0.977. The molecule has 0 aromatic carbocycles. The molecule has 0 atom stereocenters. The summed E-state index contributed by atoms with van der Waals surface area (Å²) < 4.78 is 5.34. The molecule has 0 aromatic heterocycles. The van der Waals surface area contributed by atoms with Crippen molar-refractivity contribution in [2.75, 3.05) is 39.9 Å². The highest BCUT2D eigenvalue weighted by atomic mass is 127. The summed E-state index contributed by atoms with van der Waals surface area (Å²) in [6, 6.07) is 1.45. The van der Waals surface area contributed by atoms with E-state index in [0.717, 1.165) is 51.2 Å². The number of nitrogens with one attached hydrogen (secondary N) is 2. The van der Waals surface area contributed by atoms with Crippen LogP contribution in [0, 0.1) is 5.41 Å². The number of methoxy groups -OCH3 is 1. The third-order valence-electron chi connectivity index (χ3n) is 5.76.